The molecule has 110 valence electrons. The number of hydrogen-bond donors (Lipinski definition) is 1. The van der Waals surface area contributed by atoms with Crippen LogP contribution in [0.25, 0.3) is 0 Å². The highest BCUT2D eigenvalue weighted by Crippen LogP contribution is 2.13. The summed E-state index contributed by atoms with van der Waals surface area (Å²) >= 11 is 3.92. The number of ether oxygens (including phenoxy) is 1. The van der Waals surface area contributed by atoms with Gasteiger partial charge in [-0.2, -0.15) is 11.8 Å². The summed E-state index contributed by atoms with van der Waals surface area (Å²) in [6, 6.07) is 7.84. The molecular weight excluding hydrogens is 387 g/mol. The monoisotopic (exact) mass is 406 g/mol. The van der Waals surface area contributed by atoms with Crippen LogP contribution in [0.5, 0.6) is 0 Å². The summed E-state index contributed by atoms with van der Waals surface area (Å²) in [5.41, 5.74) is 0.871. The lowest BCUT2D eigenvalue weighted by atomic mass is 10.3. The van der Waals surface area contributed by atoms with Crippen molar-refractivity contribution in [3.63, 3.8) is 0 Å². The van der Waals surface area contributed by atoms with Crippen molar-refractivity contribution in [1.82, 2.24) is 4.90 Å². The Balaban J connectivity index is 1.60. The van der Waals surface area contributed by atoms with Gasteiger partial charge in [-0.1, -0.05) is 6.07 Å². The Morgan fingerprint density at radius 3 is 2.95 bits per heavy atom. The van der Waals surface area contributed by atoms with Gasteiger partial charge in [-0.15, -0.1) is 0 Å². The van der Waals surface area contributed by atoms with Crippen molar-refractivity contribution in [2.24, 2.45) is 0 Å². The third-order valence-electron chi connectivity index (χ3n) is 3.00. The highest BCUT2D eigenvalue weighted by atomic mass is 127. The van der Waals surface area contributed by atoms with E-state index in [1.807, 2.05) is 24.3 Å². The molecule has 1 fully saturated rings. The normalized spacial score (nSPS) is 16.1. The van der Waals surface area contributed by atoms with Crippen LogP contribution < -0.4 is 5.32 Å². The van der Waals surface area contributed by atoms with Crippen molar-refractivity contribution < 1.29 is 9.53 Å². The molecule has 4 nitrogen and oxygen atoms in total. The Bertz CT molecular complexity index is 439. The smallest absolute Gasteiger partial charge is 0.234 e. The molecular formula is C14H19IN2O2S. The van der Waals surface area contributed by atoms with E-state index in [2.05, 4.69) is 32.8 Å². The Morgan fingerprint density at radius 1 is 1.40 bits per heavy atom. The van der Waals surface area contributed by atoms with Crippen LogP contribution >= 0.6 is 34.4 Å². The van der Waals surface area contributed by atoms with Crippen LogP contribution in [0, 0.1) is 3.57 Å². The largest absolute Gasteiger partial charge is 0.379 e. The SMILES string of the molecule is O=C(CSCCN1CCOCC1)Nc1cccc(I)c1. The molecule has 0 saturated carbocycles. The number of rotatable bonds is 6. The van der Waals surface area contributed by atoms with Gasteiger partial charge in [-0.25, -0.2) is 0 Å². The molecule has 0 radical (unpaired) electrons. The van der Waals surface area contributed by atoms with E-state index in [0.29, 0.717) is 5.75 Å². The van der Waals surface area contributed by atoms with Crippen LogP contribution in [0.2, 0.25) is 0 Å². The van der Waals surface area contributed by atoms with Crippen molar-refractivity contribution in [1.29, 1.82) is 0 Å². The lowest BCUT2D eigenvalue weighted by Crippen LogP contribution is -2.37. The summed E-state index contributed by atoms with van der Waals surface area (Å²) in [6.07, 6.45) is 0. The Kier molecular flexibility index (Phi) is 7.12. The predicted molar refractivity (Wildman–Crippen MR) is 92.4 cm³/mol. The van der Waals surface area contributed by atoms with E-state index in [9.17, 15) is 4.79 Å². The van der Waals surface area contributed by atoms with E-state index in [0.717, 1.165) is 47.9 Å². The van der Waals surface area contributed by atoms with Crippen LogP contribution in [0.1, 0.15) is 0 Å². The second kappa shape index (κ2) is 8.86. The number of hydrogen-bond acceptors (Lipinski definition) is 4. The van der Waals surface area contributed by atoms with E-state index >= 15 is 0 Å². The first-order chi connectivity index (χ1) is 9.74. The fourth-order valence-corrected chi connectivity index (χ4v) is 3.28. The van der Waals surface area contributed by atoms with Crippen molar-refractivity contribution in [3.05, 3.63) is 27.8 Å². The van der Waals surface area contributed by atoms with Gasteiger partial charge in [-0.05, 0) is 40.8 Å². The summed E-state index contributed by atoms with van der Waals surface area (Å²) in [5, 5.41) is 2.92. The standard InChI is InChI=1S/C14H19IN2O2S/c15-12-2-1-3-13(10-12)16-14(18)11-20-9-6-17-4-7-19-8-5-17/h1-3,10H,4-9,11H2,(H,16,18). The van der Waals surface area contributed by atoms with Crippen molar-refractivity contribution >= 4 is 45.9 Å². The molecule has 1 heterocycles. The van der Waals surface area contributed by atoms with Crippen LogP contribution in [-0.2, 0) is 9.53 Å². The number of benzene rings is 1. The first kappa shape index (κ1) is 16.1. The molecule has 6 heteroatoms. The van der Waals surface area contributed by atoms with E-state index in [-0.39, 0.29) is 5.91 Å². The van der Waals surface area contributed by atoms with Gasteiger partial charge in [0.15, 0.2) is 0 Å². The van der Waals surface area contributed by atoms with Gasteiger partial charge >= 0.3 is 0 Å². The average Bonchev–Trinajstić information content (AvgIpc) is 2.45. The molecule has 1 aromatic carbocycles. The van der Waals surface area contributed by atoms with Gasteiger partial charge in [-0.3, -0.25) is 9.69 Å². The number of nitrogens with zero attached hydrogens (tertiary/aromatic N) is 1. The molecule has 0 unspecified atom stereocenters. The third-order valence-corrected chi connectivity index (χ3v) is 4.61. The Morgan fingerprint density at radius 2 is 2.20 bits per heavy atom. The zero-order valence-electron chi connectivity index (χ0n) is 11.3. The fraction of sp³-hybridized carbons (Fsp3) is 0.500. The zero-order chi connectivity index (χ0) is 14.2. The second-order valence-corrected chi connectivity index (χ2v) is 6.92. The molecule has 1 N–H and O–H groups in total. The number of morpholine rings is 1. The number of anilines is 1. The highest BCUT2D eigenvalue weighted by Gasteiger charge is 2.10. The van der Waals surface area contributed by atoms with Crippen LogP contribution in [0.3, 0.4) is 0 Å². The maximum Gasteiger partial charge on any atom is 0.234 e. The number of nitrogens with one attached hydrogen (secondary N) is 1. The molecule has 2 rings (SSSR count). The molecule has 1 amide bonds. The molecule has 0 aromatic heterocycles. The van der Waals surface area contributed by atoms with Crippen LogP contribution in [0.4, 0.5) is 5.69 Å². The topological polar surface area (TPSA) is 41.6 Å². The van der Waals surface area contributed by atoms with Crippen LogP contribution in [-0.4, -0.2) is 55.2 Å². The zero-order valence-corrected chi connectivity index (χ0v) is 14.3. The lowest BCUT2D eigenvalue weighted by Gasteiger charge is -2.26. The van der Waals surface area contributed by atoms with Gasteiger partial charge in [0, 0.05) is 34.6 Å². The molecule has 20 heavy (non-hydrogen) atoms. The summed E-state index contributed by atoms with van der Waals surface area (Å²) < 4.78 is 6.43. The molecule has 0 spiro atoms. The number of carbonyl (C=O) groups excluding carboxylic acids is 1. The summed E-state index contributed by atoms with van der Waals surface area (Å²) in [7, 11) is 0. The van der Waals surface area contributed by atoms with E-state index in [4.69, 9.17) is 4.74 Å². The minimum atomic E-state index is 0.0685. The molecule has 0 atom stereocenters. The predicted octanol–water partition coefficient (Wildman–Crippen LogP) is 2.30. The van der Waals surface area contributed by atoms with Gasteiger partial charge in [0.2, 0.25) is 5.91 Å². The van der Waals surface area contributed by atoms with Gasteiger partial charge in [0.05, 0.1) is 19.0 Å². The molecule has 0 bridgehead atoms. The molecule has 1 saturated heterocycles. The number of thioether (sulfide) groups is 1. The summed E-state index contributed by atoms with van der Waals surface area (Å²) in [5.74, 6) is 1.56. The first-order valence-electron chi connectivity index (χ1n) is 6.67. The quantitative estimate of drug-likeness (QED) is 0.582. The molecule has 0 aliphatic carbocycles. The molecule has 1 aliphatic heterocycles. The fourth-order valence-electron chi connectivity index (χ4n) is 1.95. The van der Waals surface area contributed by atoms with Gasteiger partial charge < -0.3 is 10.1 Å². The van der Waals surface area contributed by atoms with Crippen molar-refractivity contribution in [2.45, 2.75) is 0 Å². The van der Waals surface area contributed by atoms with Gasteiger partial charge in [0.1, 0.15) is 0 Å². The Hall–Kier alpha value is -0.310. The summed E-state index contributed by atoms with van der Waals surface area (Å²) in [4.78, 5) is 14.2. The van der Waals surface area contributed by atoms with Crippen molar-refractivity contribution in [2.75, 3.05) is 49.7 Å². The first-order valence-corrected chi connectivity index (χ1v) is 8.90. The maximum absolute atomic E-state index is 11.8. The van der Waals surface area contributed by atoms with E-state index in [1.165, 1.54) is 0 Å². The number of halogens is 1. The molecule has 1 aliphatic rings. The van der Waals surface area contributed by atoms with E-state index < -0.39 is 0 Å². The van der Waals surface area contributed by atoms with Gasteiger partial charge in [0.25, 0.3) is 0 Å². The third kappa shape index (κ3) is 5.99. The number of amides is 1. The van der Waals surface area contributed by atoms with Crippen LogP contribution in [0.15, 0.2) is 24.3 Å². The lowest BCUT2D eigenvalue weighted by molar-refractivity contribution is -0.113. The minimum Gasteiger partial charge on any atom is -0.379 e. The second-order valence-electron chi connectivity index (χ2n) is 4.57. The summed E-state index contributed by atoms with van der Waals surface area (Å²) in [6.45, 7) is 4.71. The minimum absolute atomic E-state index is 0.0685. The number of carbonyl (C=O) groups is 1. The molecule has 1 aromatic rings. The average molecular weight is 406 g/mol. The highest BCUT2D eigenvalue weighted by molar-refractivity contribution is 14.1. The Labute approximate surface area is 137 Å². The maximum atomic E-state index is 11.8. The van der Waals surface area contributed by atoms with E-state index in [1.54, 1.807) is 11.8 Å². The van der Waals surface area contributed by atoms with Crippen molar-refractivity contribution in [3.8, 4) is 0 Å².